The molecule has 0 radical (unpaired) electrons. The molecule has 1 rings (SSSR count). The number of halogens is 1. The van der Waals surface area contributed by atoms with Crippen LogP contribution in [-0.2, 0) is 0 Å². The summed E-state index contributed by atoms with van der Waals surface area (Å²) in [5.74, 6) is 1.36. The topological polar surface area (TPSA) is 29.5 Å². The first-order chi connectivity index (χ1) is 8.60. The van der Waals surface area contributed by atoms with Crippen molar-refractivity contribution < 1.29 is 9.53 Å². The molecule has 0 aliphatic rings. The molecule has 0 fully saturated rings. The monoisotopic (exact) mass is 269 g/mol. The van der Waals surface area contributed by atoms with Gasteiger partial charge < -0.3 is 9.64 Å². The van der Waals surface area contributed by atoms with Crippen LogP contribution in [0.15, 0.2) is 24.3 Å². The molecule has 18 heavy (non-hydrogen) atoms. The minimum atomic E-state index is 0.0396. The molecular formula is C14H20ClNO2. The van der Waals surface area contributed by atoms with Crippen molar-refractivity contribution in [1.29, 1.82) is 0 Å². The molecule has 0 heterocycles. The molecule has 0 aromatic heterocycles. The summed E-state index contributed by atoms with van der Waals surface area (Å²) in [5, 5.41) is 0. The minimum Gasteiger partial charge on any atom is -0.497 e. The summed E-state index contributed by atoms with van der Waals surface area (Å²) in [4.78, 5) is 14.2. The number of carbonyl (C=O) groups excluding carboxylic acids is 1. The summed E-state index contributed by atoms with van der Waals surface area (Å²) in [7, 11) is 1.61. The van der Waals surface area contributed by atoms with Crippen LogP contribution in [0.1, 0.15) is 30.6 Å². The van der Waals surface area contributed by atoms with Crippen molar-refractivity contribution >= 4 is 17.5 Å². The smallest absolute Gasteiger partial charge is 0.254 e. The first kappa shape index (κ1) is 14.8. The van der Waals surface area contributed by atoms with E-state index in [0.29, 0.717) is 18.0 Å². The number of benzene rings is 1. The van der Waals surface area contributed by atoms with Crippen molar-refractivity contribution in [3.63, 3.8) is 0 Å². The van der Waals surface area contributed by atoms with Gasteiger partial charge in [-0.3, -0.25) is 4.79 Å². The van der Waals surface area contributed by atoms with Gasteiger partial charge in [-0.1, -0.05) is 0 Å². The second kappa shape index (κ2) is 7.27. The van der Waals surface area contributed by atoms with E-state index in [2.05, 4.69) is 0 Å². The van der Waals surface area contributed by atoms with E-state index in [0.717, 1.165) is 12.2 Å². The maximum atomic E-state index is 12.3. The number of alkyl halides is 1. The molecule has 0 saturated carbocycles. The van der Waals surface area contributed by atoms with Crippen LogP contribution in [0.4, 0.5) is 0 Å². The Bertz CT molecular complexity index is 376. The van der Waals surface area contributed by atoms with Gasteiger partial charge in [0.2, 0.25) is 0 Å². The van der Waals surface area contributed by atoms with Gasteiger partial charge in [0, 0.05) is 24.0 Å². The molecule has 0 bridgehead atoms. The summed E-state index contributed by atoms with van der Waals surface area (Å²) < 4.78 is 5.08. The Kier molecular flexibility index (Phi) is 5.99. The number of hydrogen-bond acceptors (Lipinski definition) is 2. The normalized spacial score (nSPS) is 10.5. The van der Waals surface area contributed by atoms with Crippen LogP contribution >= 0.6 is 11.6 Å². The third-order valence-electron chi connectivity index (χ3n) is 2.75. The van der Waals surface area contributed by atoms with Gasteiger partial charge >= 0.3 is 0 Å². The standard InChI is InChI=1S/C14H20ClNO2/c1-11(2)16(10-4-9-15)14(17)12-5-7-13(18-3)8-6-12/h5-8,11H,4,9-10H2,1-3H3. The van der Waals surface area contributed by atoms with Gasteiger partial charge in [0.05, 0.1) is 7.11 Å². The van der Waals surface area contributed by atoms with Crippen LogP contribution in [0.5, 0.6) is 5.75 Å². The number of hydrogen-bond donors (Lipinski definition) is 0. The zero-order valence-corrected chi connectivity index (χ0v) is 11.9. The van der Waals surface area contributed by atoms with E-state index in [9.17, 15) is 4.79 Å². The number of amides is 1. The Labute approximate surface area is 114 Å². The zero-order valence-electron chi connectivity index (χ0n) is 11.1. The van der Waals surface area contributed by atoms with Crippen LogP contribution in [0, 0.1) is 0 Å². The maximum Gasteiger partial charge on any atom is 0.254 e. The van der Waals surface area contributed by atoms with Crippen molar-refractivity contribution in [3.8, 4) is 5.75 Å². The lowest BCUT2D eigenvalue weighted by Crippen LogP contribution is -2.37. The number of nitrogens with zero attached hydrogens (tertiary/aromatic N) is 1. The molecule has 0 aliphatic heterocycles. The molecule has 4 heteroatoms. The molecule has 0 saturated heterocycles. The quantitative estimate of drug-likeness (QED) is 0.743. The van der Waals surface area contributed by atoms with E-state index >= 15 is 0 Å². The molecule has 1 amide bonds. The SMILES string of the molecule is COc1ccc(C(=O)N(CCCCl)C(C)C)cc1. The van der Waals surface area contributed by atoms with Crippen molar-refractivity contribution in [2.45, 2.75) is 26.3 Å². The van der Waals surface area contributed by atoms with Crippen molar-refractivity contribution in [1.82, 2.24) is 4.90 Å². The fraction of sp³-hybridized carbons (Fsp3) is 0.500. The predicted molar refractivity (Wildman–Crippen MR) is 74.5 cm³/mol. The Morgan fingerprint density at radius 1 is 1.33 bits per heavy atom. The van der Waals surface area contributed by atoms with E-state index in [1.807, 2.05) is 18.7 Å². The van der Waals surface area contributed by atoms with Gasteiger partial charge in [-0.2, -0.15) is 0 Å². The Hall–Kier alpha value is -1.22. The Morgan fingerprint density at radius 3 is 2.39 bits per heavy atom. The van der Waals surface area contributed by atoms with Crippen LogP contribution in [0.2, 0.25) is 0 Å². The fourth-order valence-electron chi connectivity index (χ4n) is 1.72. The van der Waals surface area contributed by atoms with E-state index in [1.54, 1.807) is 31.4 Å². The molecule has 1 aromatic rings. The second-order valence-electron chi connectivity index (χ2n) is 4.36. The van der Waals surface area contributed by atoms with E-state index in [1.165, 1.54) is 0 Å². The molecule has 3 nitrogen and oxygen atoms in total. The zero-order chi connectivity index (χ0) is 13.5. The minimum absolute atomic E-state index is 0.0396. The van der Waals surface area contributed by atoms with E-state index in [-0.39, 0.29) is 11.9 Å². The molecule has 0 aliphatic carbocycles. The highest BCUT2D eigenvalue weighted by Crippen LogP contribution is 2.14. The van der Waals surface area contributed by atoms with Gasteiger partial charge in [-0.05, 0) is 44.5 Å². The van der Waals surface area contributed by atoms with Gasteiger partial charge in [-0.15, -0.1) is 11.6 Å². The number of carbonyl (C=O) groups is 1. The predicted octanol–water partition coefficient (Wildman–Crippen LogP) is 3.17. The van der Waals surface area contributed by atoms with Crippen molar-refractivity contribution in [2.75, 3.05) is 19.5 Å². The highest BCUT2D eigenvalue weighted by atomic mass is 35.5. The van der Waals surface area contributed by atoms with Gasteiger partial charge in [0.1, 0.15) is 5.75 Å². The second-order valence-corrected chi connectivity index (χ2v) is 4.74. The Balaban J connectivity index is 2.80. The van der Waals surface area contributed by atoms with Gasteiger partial charge in [0.25, 0.3) is 5.91 Å². The highest BCUT2D eigenvalue weighted by molar-refractivity contribution is 6.17. The van der Waals surface area contributed by atoms with Crippen molar-refractivity contribution in [2.24, 2.45) is 0 Å². The molecule has 100 valence electrons. The molecule has 1 aromatic carbocycles. The third kappa shape index (κ3) is 3.91. The van der Waals surface area contributed by atoms with Crippen LogP contribution < -0.4 is 4.74 Å². The van der Waals surface area contributed by atoms with Crippen LogP contribution in [0.3, 0.4) is 0 Å². The molecule has 0 atom stereocenters. The number of rotatable bonds is 6. The lowest BCUT2D eigenvalue weighted by atomic mass is 10.1. The van der Waals surface area contributed by atoms with Crippen molar-refractivity contribution in [3.05, 3.63) is 29.8 Å². The summed E-state index contributed by atoms with van der Waals surface area (Å²) in [6, 6.07) is 7.34. The maximum absolute atomic E-state index is 12.3. The van der Waals surface area contributed by atoms with Crippen LogP contribution in [0.25, 0.3) is 0 Å². The lowest BCUT2D eigenvalue weighted by molar-refractivity contribution is 0.0706. The average molecular weight is 270 g/mol. The average Bonchev–Trinajstić information content (AvgIpc) is 2.38. The molecule has 0 unspecified atom stereocenters. The number of methoxy groups -OCH3 is 1. The first-order valence-corrected chi connectivity index (χ1v) is 6.64. The molecule has 0 N–H and O–H groups in total. The summed E-state index contributed by atoms with van der Waals surface area (Å²) in [5.41, 5.74) is 0.680. The number of ether oxygens (including phenoxy) is 1. The molecular weight excluding hydrogens is 250 g/mol. The third-order valence-corrected chi connectivity index (χ3v) is 3.02. The Morgan fingerprint density at radius 2 is 1.94 bits per heavy atom. The van der Waals surface area contributed by atoms with E-state index in [4.69, 9.17) is 16.3 Å². The van der Waals surface area contributed by atoms with Gasteiger partial charge in [-0.25, -0.2) is 0 Å². The summed E-state index contributed by atoms with van der Waals surface area (Å²) in [6.07, 6.45) is 0.807. The van der Waals surface area contributed by atoms with Gasteiger partial charge in [0.15, 0.2) is 0 Å². The highest BCUT2D eigenvalue weighted by Gasteiger charge is 2.18. The summed E-state index contributed by atoms with van der Waals surface area (Å²) >= 11 is 5.69. The molecule has 0 spiro atoms. The fourth-order valence-corrected chi connectivity index (χ4v) is 1.84. The lowest BCUT2D eigenvalue weighted by Gasteiger charge is -2.26. The van der Waals surface area contributed by atoms with Crippen LogP contribution in [-0.4, -0.2) is 36.4 Å². The first-order valence-electron chi connectivity index (χ1n) is 6.11. The van der Waals surface area contributed by atoms with E-state index < -0.39 is 0 Å². The summed E-state index contributed by atoms with van der Waals surface area (Å²) in [6.45, 7) is 4.71. The largest absolute Gasteiger partial charge is 0.497 e.